The second kappa shape index (κ2) is 10.8. The normalized spacial score (nSPS) is 18.9. The van der Waals surface area contributed by atoms with Crippen LogP contribution in [-0.4, -0.2) is 6.26 Å². The number of rotatable bonds is 4. The topological polar surface area (TPSA) is 12.0 Å². The van der Waals surface area contributed by atoms with Crippen LogP contribution in [0.2, 0.25) is 0 Å². The molecule has 0 bridgehead atoms. The fourth-order valence-electron chi connectivity index (χ4n) is 3.94. The van der Waals surface area contributed by atoms with Gasteiger partial charge in [-0.2, -0.15) is 13.2 Å². The zero-order valence-electron chi connectivity index (χ0n) is 18.0. The van der Waals surface area contributed by atoms with Gasteiger partial charge in [-0.25, -0.2) is 4.39 Å². The van der Waals surface area contributed by atoms with Crippen LogP contribution in [0.1, 0.15) is 49.8 Å². The summed E-state index contributed by atoms with van der Waals surface area (Å²) in [7, 11) is 0. The van der Waals surface area contributed by atoms with Crippen LogP contribution in [0.25, 0.3) is 0 Å². The minimum atomic E-state index is -4.47. The SMILES string of the molecule is C#C.CCC1C(c2ccc(NSC)cc2)C1(C)C.Cc1ccc(F)cc1C(F)(F)F. The quantitative estimate of drug-likeness (QED) is 0.295. The molecule has 3 rings (SSSR count). The van der Waals surface area contributed by atoms with Crippen LogP contribution in [0.4, 0.5) is 23.2 Å². The number of hydrogen-bond donors (Lipinski definition) is 1. The number of benzene rings is 2. The van der Waals surface area contributed by atoms with E-state index in [4.69, 9.17) is 0 Å². The molecule has 0 radical (unpaired) electrons. The predicted octanol–water partition coefficient (Wildman–Crippen LogP) is 7.93. The van der Waals surface area contributed by atoms with Crippen molar-refractivity contribution in [2.75, 3.05) is 11.0 Å². The van der Waals surface area contributed by atoms with Gasteiger partial charge in [0.2, 0.25) is 0 Å². The summed E-state index contributed by atoms with van der Waals surface area (Å²) >= 11 is 1.64. The maximum atomic E-state index is 12.4. The Kier molecular flexibility index (Phi) is 9.30. The summed E-state index contributed by atoms with van der Waals surface area (Å²) in [5.74, 6) is 0.764. The lowest BCUT2D eigenvalue weighted by Crippen LogP contribution is -2.07. The molecule has 1 fully saturated rings. The Morgan fingerprint density at radius 2 is 1.63 bits per heavy atom. The van der Waals surface area contributed by atoms with E-state index in [9.17, 15) is 17.6 Å². The molecule has 0 spiro atoms. The number of alkyl halides is 3. The van der Waals surface area contributed by atoms with Crippen molar-refractivity contribution >= 4 is 17.6 Å². The van der Waals surface area contributed by atoms with E-state index < -0.39 is 17.6 Å². The fourth-order valence-corrected chi connectivity index (χ4v) is 4.32. The molecule has 1 nitrogen and oxygen atoms in total. The molecule has 2 aromatic rings. The Balaban J connectivity index is 0.000000287. The third-order valence-electron chi connectivity index (χ3n) is 5.49. The van der Waals surface area contributed by atoms with Gasteiger partial charge in [0.05, 0.1) is 5.56 Å². The zero-order valence-corrected chi connectivity index (χ0v) is 18.8. The third kappa shape index (κ3) is 6.43. The molecule has 1 N–H and O–H groups in total. The van der Waals surface area contributed by atoms with Crippen molar-refractivity contribution in [3.63, 3.8) is 0 Å². The number of terminal acetylenes is 1. The summed E-state index contributed by atoms with van der Waals surface area (Å²) < 4.78 is 51.8. The maximum Gasteiger partial charge on any atom is 0.416 e. The van der Waals surface area contributed by atoms with Crippen LogP contribution in [-0.2, 0) is 6.18 Å². The fraction of sp³-hybridized carbons (Fsp3) is 0.417. The van der Waals surface area contributed by atoms with Crippen molar-refractivity contribution in [3.8, 4) is 12.8 Å². The van der Waals surface area contributed by atoms with Gasteiger partial charge in [-0.05, 0) is 59.6 Å². The van der Waals surface area contributed by atoms with Crippen molar-refractivity contribution in [2.45, 2.75) is 46.2 Å². The van der Waals surface area contributed by atoms with Crippen LogP contribution in [0.15, 0.2) is 42.5 Å². The monoisotopic (exact) mass is 439 g/mol. The van der Waals surface area contributed by atoms with Crippen molar-refractivity contribution < 1.29 is 17.6 Å². The highest BCUT2D eigenvalue weighted by molar-refractivity contribution is 7.99. The summed E-state index contributed by atoms with van der Waals surface area (Å²) in [6.45, 7) is 8.37. The Morgan fingerprint density at radius 3 is 2.03 bits per heavy atom. The van der Waals surface area contributed by atoms with Crippen molar-refractivity contribution in [1.29, 1.82) is 0 Å². The lowest BCUT2D eigenvalue weighted by atomic mass is 10.0. The summed E-state index contributed by atoms with van der Waals surface area (Å²) in [5.41, 5.74) is 2.32. The third-order valence-corrected chi connectivity index (χ3v) is 5.92. The second-order valence-electron chi connectivity index (χ2n) is 7.70. The molecule has 0 amide bonds. The van der Waals surface area contributed by atoms with Crippen LogP contribution in [0, 0.1) is 36.9 Å². The molecule has 6 heteroatoms. The minimum Gasteiger partial charge on any atom is -0.330 e. The molecular formula is C24H29F4NS. The average Bonchev–Trinajstić information content (AvgIpc) is 3.26. The van der Waals surface area contributed by atoms with Gasteiger partial charge >= 0.3 is 6.18 Å². The number of halogens is 4. The highest BCUT2D eigenvalue weighted by atomic mass is 32.2. The van der Waals surface area contributed by atoms with Gasteiger partial charge in [-0.15, -0.1) is 12.8 Å². The molecule has 0 aromatic heterocycles. The first-order valence-electron chi connectivity index (χ1n) is 9.58. The predicted molar refractivity (Wildman–Crippen MR) is 120 cm³/mol. The van der Waals surface area contributed by atoms with E-state index in [1.54, 1.807) is 11.9 Å². The molecule has 2 atom stereocenters. The summed E-state index contributed by atoms with van der Waals surface area (Å²) in [6.07, 6.45) is 6.87. The lowest BCUT2D eigenvalue weighted by molar-refractivity contribution is -0.138. The first kappa shape index (κ1) is 25.9. The second-order valence-corrected chi connectivity index (χ2v) is 8.31. The van der Waals surface area contributed by atoms with Gasteiger partial charge in [-0.3, -0.25) is 0 Å². The molecule has 0 aliphatic heterocycles. The van der Waals surface area contributed by atoms with E-state index in [1.807, 2.05) is 6.26 Å². The van der Waals surface area contributed by atoms with Gasteiger partial charge in [-0.1, -0.05) is 57.3 Å². The van der Waals surface area contributed by atoms with E-state index in [0.717, 1.165) is 24.0 Å². The summed E-state index contributed by atoms with van der Waals surface area (Å²) in [4.78, 5) is 0. The number of nitrogens with one attached hydrogen (secondary N) is 1. The standard InChI is InChI=1S/C14H21NS.C8H6F4.C2H2/c1-5-12-13(14(12,2)3)10-6-8-11(9-7-10)15-16-4;1-5-2-3-6(9)4-7(5)8(10,11)12;1-2/h6-9,12-13,15H,5H2,1-4H3;2-4H,1H3;1-2H. The van der Waals surface area contributed by atoms with E-state index in [-0.39, 0.29) is 5.56 Å². The maximum absolute atomic E-state index is 12.4. The van der Waals surface area contributed by atoms with Gasteiger partial charge < -0.3 is 4.72 Å². The molecule has 1 aliphatic carbocycles. The summed E-state index contributed by atoms with van der Waals surface area (Å²) in [5, 5.41) is 0. The van der Waals surface area contributed by atoms with Crippen LogP contribution < -0.4 is 4.72 Å². The first-order chi connectivity index (χ1) is 14.0. The van der Waals surface area contributed by atoms with E-state index in [0.29, 0.717) is 11.5 Å². The molecule has 1 aliphatic rings. The van der Waals surface area contributed by atoms with Crippen LogP contribution in [0.5, 0.6) is 0 Å². The molecular weight excluding hydrogens is 410 g/mol. The Labute approximate surface area is 181 Å². The van der Waals surface area contributed by atoms with Crippen molar-refractivity contribution in [1.82, 2.24) is 0 Å². The summed E-state index contributed by atoms with van der Waals surface area (Å²) in [6, 6.07) is 11.5. The smallest absolute Gasteiger partial charge is 0.330 e. The van der Waals surface area contributed by atoms with Crippen LogP contribution in [0.3, 0.4) is 0 Å². The molecule has 2 aromatic carbocycles. The zero-order chi connectivity index (χ0) is 23.1. The number of anilines is 1. The Bertz CT molecular complexity index is 825. The van der Waals surface area contributed by atoms with E-state index in [1.165, 1.54) is 24.6 Å². The highest BCUT2D eigenvalue weighted by Crippen LogP contribution is 2.65. The molecule has 1 saturated carbocycles. The van der Waals surface area contributed by atoms with Gasteiger partial charge in [0.25, 0.3) is 0 Å². The molecule has 0 saturated heterocycles. The largest absolute Gasteiger partial charge is 0.416 e. The first-order valence-corrected chi connectivity index (χ1v) is 10.8. The Hall–Kier alpha value is -2.13. The minimum absolute atomic E-state index is 0.0314. The van der Waals surface area contributed by atoms with Crippen molar-refractivity contribution in [2.24, 2.45) is 11.3 Å². The molecule has 30 heavy (non-hydrogen) atoms. The molecule has 2 unspecified atom stereocenters. The number of aryl methyl sites for hydroxylation is 1. The highest BCUT2D eigenvalue weighted by Gasteiger charge is 2.56. The van der Waals surface area contributed by atoms with Gasteiger partial charge in [0.1, 0.15) is 5.82 Å². The van der Waals surface area contributed by atoms with E-state index >= 15 is 0 Å². The lowest BCUT2D eigenvalue weighted by Gasteiger charge is -2.09. The van der Waals surface area contributed by atoms with Crippen LogP contribution >= 0.6 is 11.9 Å². The molecule has 164 valence electrons. The van der Waals surface area contributed by atoms with Gasteiger partial charge in [0, 0.05) is 11.9 Å². The molecule has 0 heterocycles. The van der Waals surface area contributed by atoms with Gasteiger partial charge in [0.15, 0.2) is 0 Å². The van der Waals surface area contributed by atoms with Crippen molar-refractivity contribution in [3.05, 3.63) is 65.0 Å². The van der Waals surface area contributed by atoms with E-state index in [2.05, 4.69) is 62.6 Å². The number of hydrogen-bond acceptors (Lipinski definition) is 2. The Morgan fingerprint density at radius 1 is 1.07 bits per heavy atom. The average molecular weight is 440 g/mol.